The highest BCUT2D eigenvalue weighted by Gasteiger charge is 2.52. The molecule has 0 fully saturated rings. The van der Waals surface area contributed by atoms with Gasteiger partial charge in [-0.2, -0.15) is 0 Å². The van der Waals surface area contributed by atoms with Crippen LogP contribution in [0.1, 0.15) is 125 Å². The van der Waals surface area contributed by atoms with Crippen molar-refractivity contribution in [2.75, 3.05) is 0 Å². The van der Waals surface area contributed by atoms with E-state index in [1.54, 1.807) is 0 Å². The molecule has 0 saturated carbocycles. The molecular formula is C24H54BN2P2. The predicted octanol–water partition coefficient (Wildman–Crippen LogP) is 9.71. The molecule has 0 spiro atoms. The van der Waals surface area contributed by atoms with Gasteiger partial charge in [0.1, 0.15) is 0 Å². The van der Waals surface area contributed by atoms with Gasteiger partial charge in [0, 0.05) is 0 Å². The molecule has 0 bridgehead atoms. The third-order valence-electron chi connectivity index (χ3n) is 6.27. The first kappa shape index (κ1) is 29.5. The van der Waals surface area contributed by atoms with Crippen molar-refractivity contribution in [3.05, 3.63) is 0 Å². The monoisotopic (exact) mass is 443 g/mol. The fraction of sp³-hybridized carbons (Fsp3) is 1.00. The van der Waals surface area contributed by atoms with Gasteiger partial charge in [-0.1, -0.05) is 125 Å². The van der Waals surface area contributed by atoms with Crippen LogP contribution in [0.25, 0.3) is 0 Å². The zero-order valence-electron chi connectivity index (χ0n) is 23.4. The molecule has 29 heavy (non-hydrogen) atoms. The van der Waals surface area contributed by atoms with Crippen LogP contribution in [0.3, 0.4) is 0 Å². The number of hydrogen-bond acceptors (Lipinski definition) is 2. The highest BCUT2D eigenvalue weighted by molar-refractivity contribution is 7.72. The minimum Gasteiger partial charge on any atom is -0.331 e. The molecule has 0 heterocycles. The van der Waals surface area contributed by atoms with E-state index >= 15 is 0 Å². The summed E-state index contributed by atoms with van der Waals surface area (Å²) in [4.78, 5) is 0. The van der Waals surface area contributed by atoms with E-state index < -0.39 is 14.1 Å². The summed E-state index contributed by atoms with van der Waals surface area (Å²) in [6.45, 7) is 42.9. The number of nitrogens with zero attached hydrogens (tertiary/aromatic N) is 2. The number of hydrogen-bond donors (Lipinski definition) is 0. The molecular weight excluding hydrogens is 389 g/mol. The van der Waals surface area contributed by atoms with Crippen molar-refractivity contribution in [1.82, 2.24) is 0 Å². The van der Waals surface area contributed by atoms with Crippen LogP contribution in [0.4, 0.5) is 0 Å². The Hall–Kier alpha value is 0.525. The summed E-state index contributed by atoms with van der Waals surface area (Å²) in [5.74, 6) is 0. The van der Waals surface area contributed by atoms with Crippen molar-refractivity contribution in [3.63, 3.8) is 0 Å². The topological polar surface area (TPSA) is 24.7 Å². The van der Waals surface area contributed by atoms with Gasteiger partial charge in [-0.3, -0.25) is 0 Å². The van der Waals surface area contributed by atoms with Crippen molar-refractivity contribution in [1.29, 1.82) is 0 Å². The normalized spacial score (nSPS) is 15.9. The molecule has 0 aliphatic rings. The minimum absolute atomic E-state index is 0.113. The molecule has 0 aromatic rings. The predicted molar refractivity (Wildman–Crippen MR) is 143 cm³/mol. The van der Waals surface area contributed by atoms with Gasteiger partial charge in [0.25, 0.3) is 0 Å². The summed E-state index contributed by atoms with van der Waals surface area (Å²) in [6.07, 6.45) is 0. The van der Waals surface area contributed by atoms with Crippen LogP contribution in [-0.2, 0) is 0 Å². The van der Waals surface area contributed by atoms with Crippen LogP contribution in [0.5, 0.6) is 0 Å². The summed E-state index contributed by atoms with van der Waals surface area (Å²) < 4.78 is 11.1. The van der Waals surface area contributed by atoms with Gasteiger partial charge in [0.05, 0.1) is 0 Å². The van der Waals surface area contributed by atoms with Crippen molar-refractivity contribution in [2.45, 2.75) is 156 Å². The van der Waals surface area contributed by atoms with Crippen LogP contribution in [0.2, 0.25) is 0 Å². The Morgan fingerprint density at radius 2 is 0.483 bits per heavy atom. The second-order valence-electron chi connectivity index (χ2n) is 14.6. The lowest BCUT2D eigenvalue weighted by Crippen LogP contribution is -2.40. The zero-order chi connectivity index (χ0) is 24.1. The van der Waals surface area contributed by atoms with E-state index in [4.69, 9.17) is 9.31 Å². The first-order chi connectivity index (χ1) is 12.2. The van der Waals surface area contributed by atoms with E-state index in [-0.39, 0.29) is 30.9 Å². The standard InChI is InChI=1S/C24H54BN2P2/c1-19(2,3)28(20(4,5)6,21(7,8)9)26-25-27-29(22(10,11)12,23(13,14)15)24(16,17)18/h1-18H3. The van der Waals surface area contributed by atoms with Crippen molar-refractivity contribution >= 4 is 21.7 Å². The lowest BCUT2D eigenvalue weighted by Gasteiger charge is -2.56. The first-order valence-electron chi connectivity index (χ1n) is 11.3. The van der Waals surface area contributed by atoms with Crippen molar-refractivity contribution in [2.24, 2.45) is 9.31 Å². The quantitative estimate of drug-likeness (QED) is 0.300. The lowest BCUT2D eigenvalue weighted by atomic mass is 10.2. The Labute approximate surface area is 186 Å². The summed E-state index contributed by atoms with van der Waals surface area (Å²) in [7, 11) is -1.55. The van der Waals surface area contributed by atoms with E-state index in [0.717, 1.165) is 0 Å². The maximum absolute atomic E-state index is 5.54. The molecule has 2 nitrogen and oxygen atoms in total. The summed E-state index contributed by atoms with van der Waals surface area (Å²) in [6, 6.07) is 0. The Bertz CT molecular complexity index is 532. The zero-order valence-corrected chi connectivity index (χ0v) is 25.2. The van der Waals surface area contributed by atoms with E-state index in [1.807, 2.05) is 7.55 Å². The van der Waals surface area contributed by atoms with Gasteiger partial charge in [-0.15, -0.1) is 0 Å². The molecule has 0 rings (SSSR count). The van der Waals surface area contributed by atoms with Gasteiger partial charge in [0.2, 0.25) is 0 Å². The molecule has 0 saturated heterocycles. The van der Waals surface area contributed by atoms with Crippen LogP contribution in [0, 0.1) is 0 Å². The third-order valence-corrected chi connectivity index (χ3v) is 18.8. The largest absolute Gasteiger partial charge is 0.428 e. The summed E-state index contributed by atoms with van der Waals surface area (Å²) in [5, 5.41) is 0.678. The van der Waals surface area contributed by atoms with Gasteiger partial charge in [-0.25, -0.2) is 0 Å². The smallest absolute Gasteiger partial charge is 0.331 e. The first-order valence-corrected chi connectivity index (χ1v) is 14.7. The third kappa shape index (κ3) is 5.13. The average Bonchev–Trinajstić information content (AvgIpc) is 2.27. The van der Waals surface area contributed by atoms with E-state index in [1.165, 1.54) is 0 Å². The molecule has 0 aliphatic carbocycles. The molecule has 173 valence electrons. The Morgan fingerprint density at radius 3 is 0.586 bits per heavy atom. The molecule has 0 amide bonds. The average molecular weight is 443 g/mol. The summed E-state index contributed by atoms with van der Waals surface area (Å²) in [5.41, 5.74) is 0. The van der Waals surface area contributed by atoms with Gasteiger partial charge in [-0.05, 0) is 45.0 Å². The highest BCUT2D eigenvalue weighted by Crippen LogP contribution is 2.78. The highest BCUT2D eigenvalue weighted by atomic mass is 31.2. The molecule has 0 N–H and O–H groups in total. The van der Waals surface area contributed by atoms with E-state index in [0.29, 0.717) is 0 Å². The molecule has 0 atom stereocenters. The maximum atomic E-state index is 5.54. The molecule has 0 unspecified atom stereocenters. The number of rotatable bonds is 2. The fourth-order valence-electron chi connectivity index (χ4n) is 7.25. The second-order valence-corrected chi connectivity index (χ2v) is 25.7. The SMILES string of the molecule is CC(C)(C)P(=N[B]N=P(C(C)(C)C)(C(C)(C)C)C(C)(C)C)(C(C)(C)C)C(C)(C)C. The van der Waals surface area contributed by atoms with Gasteiger partial charge < -0.3 is 9.31 Å². The molecule has 0 aromatic heterocycles. The van der Waals surface area contributed by atoms with Crippen LogP contribution < -0.4 is 0 Å². The Balaban J connectivity index is 7.32. The molecule has 0 aliphatic heterocycles. The lowest BCUT2D eigenvalue weighted by molar-refractivity contribution is 0.630. The molecule has 0 aromatic carbocycles. The van der Waals surface area contributed by atoms with Gasteiger partial charge >= 0.3 is 7.55 Å². The van der Waals surface area contributed by atoms with Crippen LogP contribution in [-0.4, -0.2) is 38.5 Å². The second kappa shape index (κ2) is 8.14. The fourth-order valence-corrected chi connectivity index (χ4v) is 21.9. The summed E-state index contributed by atoms with van der Waals surface area (Å²) >= 11 is 0. The van der Waals surface area contributed by atoms with Crippen LogP contribution >= 0.6 is 14.1 Å². The minimum atomic E-state index is -1.80. The van der Waals surface area contributed by atoms with Crippen molar-refractivity contribution in [3.8, 4) is 0 Å². The van der Waals surface area contributed by atoms with Crippen LogP contribution in [0.15, 0.2) is 9.31 Å². The van der Waals surface area contributed by atoms with Crippen molar-refractivity contribution < 1.29 is 0 Å². The molecule has 1 radical (unpaired) electrons. The maximum Gasteiger partial charge on any atom is 0.428 e. The van der Waals surface area contributed by atoms with E-state index in [9.17, 15) is 0 Å². The molecule has 5 heteroatoms. The Kier molecular flexibility index (Phi) is 8.29. The van der Waals surface area contributed by atoms with Gasteiger partial charge in [0.15, 0.2) is 0 Å². The van der Waals surface area contributed by atoms with E-state index in [2.05, 4.69) is 125 Å². The Morgan fingerprint density at radius 1 is 0.345 bits per heavy atom.